The maximum atomic E-state index is 12.2. The van der Waals surface area contributed by atoms with Crippen molar-refractivity contribution in [3.63, 3.8) is 0 Å². The Hall–Kier alpha value is -0.810. The Bertz CT molecular complexity index is 497. The molecule has 0 radical (unpaired) electrons. The Labute approximate surface area is 135 Å². The van der Waals surface area contributed by atoms with E-state index in [1.807, 2.05) is 0 Å². The van der Waals surface area contributed by atoms with E-state index in [0.717, 1.165) is 25.9 Å². The van der Waals surface area contributed by atoms with Crippen molar-refractivity contribution in [2.45, 2.75) is 18.9 Å². The van der Waals surface area contributed by atoms with Crippen LogP contribution in [0.3, 0.4) is 0 Å². The van der Waals surface area contributed by atoms with Crippen molar-refractivity contribution in [2.75, 3.05) is 33.4 Å². The van der Waals surface area contributed by atoms with Crippen LogP contribution in [-0.2, 0) is 4.74 Å². The van der Waals surface area contributed by atoms with Crippen LogP contribution < -0.4 is 5.32 Å². The third-order valence-electron chi connectivity index (χ3n) is 3.76. The van der Waals surface area contributed by atoms with E-state index in [9.17, 15) is 4.79 Å². The first kappa shape index (κ1) is 16.6. The molecule has 1 heterocycles. The molecular weight excluding hydrogens is 311 g/mol. The number of methoxy groups -OCH3 is 1. The Kier molecular flexibility index (Phi) is 6.30. The first-order chi connectivity index (χ1) is 10.1. The van der Waals surface area contributed by atoms with Crippen molar-refractivity contribution >= 4 is 29.1 Å². The Balaban J connectivity index is 1.88. The summed E-state index contributed by atoms with van der Waals surface area (Å²) in [5.74, 6) is -0.157. The fraction of sp³-hybridized carbons (Fsp3) is 0.533. The highest BCUT2D eigenvalue weighted by Gasteiger charge is 2.24. The predicted molar refractivity (Wildman–Crippen MR) is 85.3 cm³/mol. The second-order valence-electron chi connectivity index (χ2n) is 5.16. The number of likely N-dealkylation sites (tertiary alicyclic amines) is 1. The molecule has 0 spiro atoms. The van der Waals surface area contributed by atoms with Crippen LogP contribution >= 0.6 is 23.2 Å². The summed E-state index contributed by atoms with van der Waals surface area (Å²) < 4.78 is 5.11. The standard InChI is InChI=1S/C15H20Cl2N2O2/c1-21-8-7-19-6-2-3-12(19)10-18-15(20)13-5-4-11(16)9-14(13)17/h4-5,9,12H,2-3,6-8,10H2,1H3,(H,18,20)/t12-/m1/s1. The summed E-state index contributed by atoms with van der Waals surface area (Å²) in [5, 5.41) is 3.86. The zero-order chi connectivity index (χ0) is 15.2. The largest absolute Gasteiger partial charge is 0.383 e. The molecule has 1 aromatic carbocycles. The van der Waals surface area contributed by atoms with Crippen LogP contribution in [0.25, 0.3) is 0 Å². The average Bonchev–Trinajstić information content (AvgIpc) is 2.90. The lowest BCUT2D eigenvalue weighted by Crippen LogP contribution is -2.41. The number of ether oxygens (including phenoxy) is 1. The molecule has 0 aromatic heterocycles. The fourth-order valence-electron chi connectivity index (χ4n) is 2.61. The molecule has 1 N–H and O–H groups in total. The van der Waals surface area contributed by atoms with Crippen LogP contribution in [-0.4, -0.2) is 50.2 Å². The quantitative estimate of drug-likeness (QED) is 0.872. The first-order valence-electron chi connectivity index (χ1n) is 7.08. The summed E-state index contributed by atoms with van der Waals surface area (Å²) in [6, 6.07) is 5.27. The number of halogens is 2. The maximum absolute atomic E-state index is 12.2. The SMILES string of the molecule is COCCN1CCC[C@@H]1CNC(=O)c1ccc(Cl)cc1Cl. The zero-order valence-corrected chi connectivity index (χ0v) is 13.6. The highest BCUT2D eigenvalue weighted by Crippen LogP contribution is 2.21. The highest BCUT2D eigenvalue weighted by molar-refractivity contribution is 6.36. The summed E-state index contributed by atoms with van der Waals surface area (Å²) >= 11 is 11.9. The van der Waals surface area contributed by atoms with Crippen LogP contribution in [0.2, 0.25) is 10.0 Å². The summed E-state index contributed by atoms with van der Waals surface area (Å²) in [4.78, 5) is 14.5. The van der Waals surface area contributed by atoms with Crippen molar-refractivity contribution in [3.05, 3.63) is 33.8 Å². The lowest BCUT2D eigenvalue weighted by atomic mass is 10.2. The fourth-order valence-corrected chi connectivity index (χ4v) is 3.10. The summed E-state index contributed by atoms with van der Waals surface area (Å²) in [6.45, 7) is 3.30. The monoisotopic (exact) mass is 330 g/mol. The summed E-state index contributed by atoms with van der Waals surface area (Å²) in [7, 11) is 1.70. The normalized spacial score (nSPS) is 18.9. The van der Waals surface area contributed by atoms with Gasteiger partial charge in [0.2, 0.25) is 0 Å². The molecular formula is C15H20Cl2N2O2. The third kappa shape index (κ3) is 4.58. The highest BCUT2D eigenvalue weighted by atomic mass is 35.5. The summed E-state index contributed by atoms with van der Waals surface area (Å²) in [5.41, 5.74) is 0.461. The van der Waals surface area contributed by atoms with Gasteiger partial charge in [-0.05, 0) is 37.6 Å². The summed E-state index contributed by atoms with van der Waals surface area (Å²) in [6.07, 6.45) is 2.25. The van der Waals surface area contributed by atoms with Crippen LogP contribution in [0.4, 0.5) is 0 Å². The minimum Gasteiger partial charge on any atom is -0.383 e. The molecule has 1 amide bonds. The molecule has 1 aromatic rings. The number of hydrogen-bond donors (Lipinski definition) is 1. The van der Waals surface area contributed by atoms with E-state index in [-0.39, 0.29) is 5.91 Å². The van der Waals surface area contributed by atoms with E-state index in [1.54, 1.807) is 25.3 Å². The Morgan fingerprint density at radius 2 is 2.29 bits per heavy atom. The number of carbonyl (C=O) groups is 1. The van der Waals surface area contributed by atoms with E-state index in [0.29, 0.717) is 34.8 Å². The van der Waals surface area contributed by atoms with Crippen molar-refractivity contribution in [1.82, 2.24) is 10.2 Å². The molecule has 1 aliphatic heterocycles. The number of rotatable bonds is 6. The second kappa shape index (κ2) is 7.99. The second-order valence-corrected chi connectivity index (χ2v) is 6.00. The first-order valence-corrected chi connectivity index (χ1v) is 7.83. The number of nitrogens with one attached hydrogen (secondary N) is 1. The van der Waals surface area contributed by atoms with Crippen LogP contribution in [0.15, 0.2) is 18.2 Å². The minimum atomic E-state index is -0.157. The Morgan fingerprint density at radius 3 is 3.00 bits per heavy atom. The maximum Gasteiger partial charge on any atom is 0.252 e. The Morgan fingerprint density at radius 1 is 1.48 bits per heavy atom. The van der Waals surface area contributed by atoms with Gasteiger partial charge in [0.15, 0.2) is 0 Å². The van der Waals surface area contributed by atoms with E-state index in [2.05, 4.69) is 10.2 Å². The van der Waals surface area contributed by atoms with E-state index >= 15 is 0 Å². The molecule has 0 bridgehead atoms. The molecule has 1 atom stereocenters. The number of benzene rings is 1. The smallest absolute Gasteiger partial charge is 0.252 e. The number of nitrogens with zero attached hydrogens (tertiary/aromatic N) is 1. The van der Waals surface area contributed by atoms with Gasteiger partial charge in [0, 0.05) is 31.3 Å². The molecule has 116 valence electrons. The molecule has 1 aliphatic rings. The lowest BCUT2D eigenvalue weighted by Gasteiger charge is -2.24. The van der Waals surface area contributed by atoms with Gasteiger partial charge in [-0.15, -0.1) is 0 Å². The van der Waals surface area contributed by atoms with Gasteiger partial charge in [0.25, 0.3) is 5.91 Å². The van der Waals surface area contributed by atoms with Gasteiger partial charge in [-0.1, -0.05) is 23.2 Å². The number of hydrogen-bond acceptors (Lipinski definition) is 3. The van der Waals surface area contributed by atoms with Gasteiger partial charge in [-0.2, -0.15) is 0 Å². The minimum absolute atomic E-state index is 0.157. The number of amides is 1. The molecule has 6 heteroatoms. The van der Waals surface area contributed by atoms with E-state index in [4.69, 9.17) is 27.9 Å². The number of carbonyl (C=O) groups excluding carboxylic acids is 1. The van der Waals surface area contributed by atoms with Gasteiger partial charge in [-0.3, -0.25) is 9.69 Å². The third-order valence-corrected chi connectivity index (χ3v) is 4.30. The molecule has 0 saturated carbocycles. The van der Waals surface area contributed by atoms with Gasteiger partial charge in [0.1, 0.15) is 0 Å². The van der Waals surface area contributed by atoms with Crippen molar-refractivity contribution < 1.29 is 9.53 Å². The van der Waals surface area contributed by atoms with Crippen LogP contribution in [0.5, 0.6) is 0 Å². The predicted octanol–water partition coefficient (Wildman–Crippen LogP) is 2.83. The molecule has 21 heavy (non-hydrogen) atoms. The van der Waals surface area contributed by atoms with Crippen molar-refractivity contribution in [1.29, 1.82) is 0 Å². The average molecular weight is 331 g/mol. The van der Waals surface area contributed by atoms with E-state index in [1.165, 1.54) is 0 Å². The van der Waals surface area contributed by atoms with Gasteiger partial charge >= 0.3 is 0 Å². The lowest BCUT2D eigenvalue weighted by molar-refractivity contribution is 0.0933. The van der Waals surface area contributed by atoms with Gasteiger partial charge < -0.3 is 10.1 Å². The van der Waals surface area contributed by atoms with Crippen molar-refractivity contribution in [2.24, 2.45) is 0 Å². The zero-order valence-electron chi connectivity index (χ0n) is 12.1. The molecule has 1 fully saturated rings. The van der Waals surface area contributed by atoms with Crippen LogP contribution in [0, 0.1) is 0 Å². The molecule has 0 aliphatic carbocycles. The van der Waals surface area contributed by atoms with Gasteiger partial charge in [-0.25, -0.2) is 0 Å². The van der Waals surface area contributed by atoms with Crippen LogP contribution in [0.1, 0.15) is 23.2 Å². The van der Waals surface area contributed by atoms with Crippen molar-refractivity contribution in [3.8, 4) is 0 Å². The molecule has 2 rings (SSSR count). The molecule has 1 saturated heterocycles. The topological polar surface area (TPSA) is 41.6 Å². The molecule has 0 unspecified atom stereocenters. The molecule has 4 nitrogen and oxygen atoms in total. The van der Waals surface area contributed by atoms with E-state index < -0.39 is 0 Å². The van der Waals surface area contributed by atoms with Gasteiger partial charge in [0.05, 0.1) is 17.2 Å².